The summed E-state index contributed by atoms with van der Waals surface area (Å²) in [5, 5.41) is 3.94. The van der Waals surface area contributed by atoms with Gasteiger partial charge in [-0.05, 0) is 36.5 Å². The second-order valence-corrected chi connectivity index (χ2v) is 5.12. The van der Waals surface area contributed by atoms with Crippen LogP contribution in [0.3, 0.4) is 0 Å². The van der Waals surface area contributed by atoms with E-state index in [0.717, 1.165) is 18.4 Å². The number of alkyl halides is 3. The van der Waals surface area contributed by atoms with Crippen molar-refractivity contribution in [3.05, 3.63) is 29.8 Å². The van der Waals surface area contributed by atoms with Crippen LogP contribution in [0.4, 0.5) is 13.2 Å². The number of hydrogen-bond acceptors (Lipinski definition) is 3. The molecule has 0 spiro atoms. The van der Waals surface area contributed by atoms with Crippen LogP contribution in [-0.4, -0.2) is 12.6 Å². The Balaban J connectivity index is 1.74. The zero-order valence-electron chi connectivity index (χ0n) is 11.6. The van der Waals surface area contributed by atoms with Crippen molar-refractivity contribution in [2.45, 2.75) is 45.1 Å². The summed E-state index contributed by atoms with van der Waals surface area (Å²) in [6, 6.07) is 5.57. The molecule has 0 saturated heterocycles. The van der Waals surface area contributed by atoms with E-state index in [0.29, 0.717) is 5.92 Å². The summed E-state index contributed by atoms with van der Waals surface area (Å²) in [4.78, 5) is 5.17. The van der Waals surface area contributed by atoms with E-state index in [1.807, 2.05) is 6.21 Å². The Kier molecular flexibility index (Phi) is 5.47. The Labute approximate surface area is 121 Å². The molecule has 6 heteroatoms. The monoisotopic (exact) mass is 301 g/mol. The van der Waals surface area contributed by atoms with Gasteiger partial charge in [0, 0.05) is 6.21 Å². The first-order chi connectivity index (χ1) is 10.0. The third-order valence-electron chi connectivity index (χ3n) is 3.38. The van der Waals surface area contributed by atoms with Crippen LogP contribution in [0.15, 0.2) is 29.4 Å². The number of benzene rings is 1. The molecule has 1 fully saturated rings. The summed E-state index contributed by atoms with van der Waals surface area (Å²) in [7, 11) is 0. The molecule has 0 unspecified atom stereocenters. The van der Waals surface area contributed by atoms with Gasteiger partial charge in [0.15, 0.2) is 0 Å². The average Bonchev–Trinajstić information content (AvgIpc) is 2.45. The van der Waals surface area contributed by atoms with E-state index in [2.05, 4.69) is 9.89 Å². The van der Waals surface area contributed by atoms with E-state index in [9.17, 15) is 13.2 Å². The zero-order chi connectivity index (χ0) is 15.1. The predicted octanol–water partition coefficient (Wildman–Crippen LogP) is 4.67. The van der Waals surface area contributed by atoms with E-state index >= 15 is 0 Å². The van der Waals surface area contributed by atoms with Crippen molar-refractivity contribution in [1.29, 1.82) is 0 Å². The van der Waals surface area contributed by atoms with Crippen molar-refractivity contribution < 1.29 is 22.7 Å². The molecule has 0 heterocycles. The van der Waals surface area contributed by atoms with Crippen molar-refractivity contribution >= 4 is 6.21 Å². The van der Waals surface area contributed by atoms with Gasteiger partial charge in [-0.1, -0.05) is 36.6 Å². The lowest BCUT2D eigenvalue weighted by molar-refractivity contribution is -0.274. The smallest absolute Gasteiger partial charge is 0.406 e. The molecule has 1 aliphatic carbocycles. The molecule has 116 valence electrons. The fraction of sp³-hybridized carbons (Fsp3) is 0.533. The zero-order valence-corrected chi connectivity index (χ0v) is 11.6. The summed E-state index contributed by atoms with van der Waals surface area (Å²) in [6.07, 6.45) is 3.22. The van der Waals surface area contributed by atoms with Crippen molar-refractivity contribution in [2.24, 2.45) is 11.1 Å². The summed E-state index contributed by atoms with van der Waals surface area (Å²) in [5.74, 6) is 0.248. The van der Waals surface area contributed by atoms with Crippen LogP contribution in [0.1, 0.15) is 37.7 Å². The molecular weight excluding hydrogens is 283 g/mol. The molecule has 1 saturated carbocycles. The lowest BCUT2D eigenvalue weighted by atomic mass is 9.90. The highest BCUT2D eigenvalue weighted by molar-refractivity contribution is 5.59. The number of nitrogens with zero attached hydrogens (tertiary/aromatic N) is 1. The molecule has 0 atom stereocenters. The number of halogens is 3. The summed E-state index contributed by atoms with van der Waals surface area (Å²) in [6.45, 7) is 0.232. The number of hydrogen-bond donors (Lipinski definition) is 0. The van der Waals surface area contributed by atoms with Crippen LogP contribution in [0.25, 0.3) is 0 Å². The van der Waals surface area contributed by atoms with Gasteiger partial charge < -0.3 is 9.57 Å². The molecule has 0 N–H and O–H groups in total. The first-order valence-corrected chi connectivity index (χ1v) is 7.03. The standard InChI is InChI=1S/C15H18F3NO2/c16-15(17,18)21-14-8-6-13(7-9-14)11-20-19-10-12-4-2-1-3-5-12/h6-10,12H,1-5,11H2. The second-order valence-electron chi connectivity index (χ2n) is 5.12. The number of oxime groups is 1. The van der Waals surface area contributed by atoms with Gasteiger partial charge in [0.1, 0.15) is 12.4 Å². The van der Waals surface area contributed by atoms with Crippen LogP contribution in [-0.2, 0) is 11.4 Å². The Morgan fingerprint density at radius 2 is 1.76 bits per heavy atom. The number of ether oxygens (including phenoxy) is 1. The largest absolute Gasteiger partial charge is 0.573 e. The van der Waals surface area contributed by atoms with Gasteiger partial charge in [-0.3, -0.25) is 0 Å². The number of rotatable bonds is 5. The highest BCUT2D eigenvalue weighted by atomic mass is 19.4. The molecule has 0 amide bonds. The summed E-state index contributed by atoms with van der Waals surface area (Å²) in [5.41, 5.74) is 0.741. The lowest BCUT2D eigenvalue weighted by Gasteiger charge is -2.16. The maximum absolute atomic E-state index is 12.0. The minimum atomic E-state index is -4.66. The Hall–Kier alpha value is -1.72. The van der Waals surface area contributed by atoms with E-state index in [1.165, 1.54) is 43.5 Å². The second kappa shape index (κ2) is 7.33. The van der Waals surface area contributed by atoms with Gasteiger partial charge in [-0.2, -0.15) is 0 Å². The lowest BCUT2D eigenvalue weighted by Crippen LogP contribution is -2.17. The molecule has 1 aromatic carbocycles. The first-order valence-electron chi connectivity index (χ1n) is 7.03. The third-order valence-corrected chi connectivity index (χ3v) is 3.38. The van der Waals surface area contributed by atoms with E-state index in [4.69, 9.17) is 4.84 Å². The Morgan fingerprint density at radius 3 is 2.38 bits per heavy atom. The highest BCUT2D eigenvalue weighted by Gasteiger charge is 2.30. The normalized spacial score (nSPS) is 17.1. The van der Waals surface area contributed by atoms with Crippen molar-refractivity contribution in [3.8, 4) is 5.75 Å². The van der Waals surface area contributed by atoms with Crippen molar-refractivity contribution in [3.63, 3.8) is 0 Å². The fourth-order valence-corrected chi connectivity index (χ4v) is 2.31. The fourth-order valence-electron chi connectivity index (χ4n) is 2.31. The topological polar surface area (TPSA) is 30.8 Å². The van der Waals surface area contributed by atoms with Crippen LogP contribution < -0.4 is 4.74 Å². The SMILES string of the molecule is FC(F)(F)Oc1ccc(CON=CC2CCCCC2)cc1. The minimum absolute atomic E-state index is 0.232. The van der Waals surface area contributed by atoms with Crippen LogP contribution in [0.2, 0.25) is 0 Å². The summed E-state index contributed by atoms with van der Waals surface area (Å²) >= 11 is 0. The van der Waals surface area contributed by atoms with Gasteiger partial charge in [0.2, 0.25) is 0 Å². The van der Waals surface area contributed by atoms with Gasteiger partial charge in [-0.25, -0.2) is 0 Å². The minimum Gasteiger partial charge on any atom is -0.406 e. The molecule has 1 aromatic rings. The summed E-state index contributed by atoms with van der Waals surface area (Å²) < 4.78 is 39.8. The maximum atomic E-state index is 12.0. The van der Waals surface area contributed by atoms with E-state index in [1.54, 1.807) is 0 Å². The highest BCUT2D eigenvalue weighted by Crippen LogP contribution is 2.23. The molecule has 2 rings (SSSR count). The first kappa shape index (κ1) is 15.7. The van der Waals surface area contributed by atoms with Crippen LogP contribution in [0, 0.1) is 5.92 Å². The van der Waals surface area contributed by atoms with Crippen LogP contribution >= 0.6 is 0 Å². The maximum Gasteiger partial charge on any atom is 0.573 e. The van der Waals surface area contributed by atoms with Crippen molar-refractivity contribution in [2.75, 3.05) is 0 Å². The Bertz CT molecular complexity index is 451. The molecular formula is C15H18F3NO2. The predicted molar refractivity (Wildman–Crippen MR) is 73.0 cm³/mol. The van der Waals surface area contributed by atoms with E-state index in [-0.39, 0.29) is 12.4 Å². The van der Waals surface area contributed by atoms with Gasteiger partial charge in [0.05, 0.1) is 0 Å². The average molecular weight is 301 g/mol. The molecule has 0 radical (unpaired) electrons. The molecule has 0 aliphatic heterocycles. The van der Waals surface area contributed by atoms with Gasteiger partial charge in [0.25, 0.3) is 0 Å². The van der Waals surface area contributed by atoms with E-state index < -0.39 is 6.36 Å². The molecule has 0 bridgehead atoms. The quantitative estimate of drug-likeness (QED) is 0.584. The van der Waals surface area contributed by atoms with Crippen LogP contribution in [0.5, 0.6) is 5.75 Å². The van der Waals surface area contributed by atoms with Gasteiger partial charge >= 0.3 is 6.36 Å². The Morgan fingerprint density at radius 1 is 1.10 bits per heavy atom. The molecule has 3 nitrogen and oxygen atoms in total. The molecule has 21 heavy (non-hydrogen) atoms. The van der Waals surface area contributed by atoms with Crippen molar-refractivity contribution in [1.82, 2.24) is 0 Å². The third kappa shape index (κ3) is 6.06. The molecule has 0 aromatic heterocycles. The van der Waals surface area contributed by atoms with Gasteiger partial charge in [-0.15, -0.1) is 13.2 Å². The molecule has 1 aliphatic rings.